The van der Waals surface area contributed by atoms with Crippen molar-refractivity contribution in [1.29, 1.82) is 0 Å². The Bertz CT molecular complexity index is 454. The van der Waals surface area contributed by atoms with Gasteiger partial charge in [0.15, 0.2) is 0 Å². The highest BCUT2D eigenvalue weighted by atomic mass is 32.2. The van der Waals surface area contributed by atoms with Gasteiger partial charge in [0.2, 0.25) is 0 Å². The predicted molar refractivity (Wildman–Crippen MR) is 86.6 cm³/mol. The summed E-state index contributed by atoms with van der Waals surface area (Å²) >= 11 is 1.83. The summed E-state index contributed by atoms with van der Waals surface area (Å²) in [5.74, 6) is 1.07. The molecule has 0 amide bonds. The minimum absolute atomic E-state index is 0.144. The molecule has 20 heavy (non-hydrogen) atoms. The van der Waals surface area contributed by atoms with Crippen LogP contribution in [0, 0.1) is 10.1 Å². The van der Waals surface area contributed by atoms with Crippen LogP contribution in [0.15, 0.2) is 18.2 Å². The SMILES string of the molecule is CCC(CSC)N(C)Cc1cc([N+](=O)[O-])ccc1NC. The van der Waals surface area contributed by atoms with E-state index in [-0.39, 0.29) is 10.6 Å². The van der Waals surface area contributed by atoms with Crippen LogP contribution in [0.3, 0.4) is 0 Å². The molecule has 1 atom stereocenters. The van der Waals surface area contributed by atoms with Gasteiger partial charge >= 0.3 is 0 Å². The Hall–Kier alpha value is -1.27. The van der Waals surface area contributed by atoms with Gasteiger partial charge in [-0.3, -0.25) is 15.0 Å². The molecule has 0 aliphatic carbocycles. The Labute approximate surface area is 124 Å². The first-order valence-electron chi connectivity index (χ1n) is 6.67. The Kier molecular flexibility index (Phi) is 6.81. The minimum atomic E-state index is -0.345. The average molecular weight is 297 g/mol. The molecule has 1 rings (SSSR count). The van der Waals surface area contributed by atoms with Crippen molar-refractivity contribution in [3.63, 3.8) is 0 Å². The van der Waals surface area contributed by atoms with Gasteiger partial charge in [-0.05, 0) is 31.4 Å². The number of nitrogens with zero attached hydrogens (tertiary/aromatic N) is 2. The van der Waals surface area contributed by atoms with Gasteiger partial charge in [0.1, 0.15) is 0 Å². The largest absolute Gasteiger partial charge is 0.388 e. The standard InChI is InChI=1S/C14H23N3O2S/c1-5-12(10-20-4)16(3)9-11-8-13(17(18)19)6-7-14(11)15-2/h6-8,12,15H,5,9-10H2,1-4H3. The molecule has 5 nitrogen and oxygen atoms in total. The number of nitro benzene ring substituents is 1. The summed E-state index contributed by atoms with van der Waals surface area (Å²) < 4.78 is 0. The Morgan fingerprint density at radius 1 is 1.50 bits per heavy atom. The fraction of sp³-hybridized carbons (Fsp3) is 0.571. The molecule has 0 saturated heterocycles. The number of hydrogen-bond donors (Lipinski definition) is 1. The lowest BCUT2D eigenvalue weighted by molar-refractivity contribution is -0.384. The van der Waals surface area contributed by atoms with Crippen molar-refractivity contribution in [2.45, 2.75) is 25.9 Å². The monoisotopic (exact) mass is 297 g/mol. The number of non-ortho nitro benzene ring substituents is 1. The lowest BCUT2D eigenvalue weighted by atomic mass is 10.1. The fourth-order valence-corrected chi connectivity index (χ4v) is 3.09. The lowest BCUT2D eigenvalue weighted by Crippen LogP contribution is -2.32. The van der Waals surface area contributed by atoms with E-state index in [1.165, 1.54) is 6.07 Å². The van der Waals surface area contributed by atoms with Crippen LogP contribution in [0.2, 0.25) is 0 Å². The van der Waals surface area contributed by atoms with E-state index in [4.69, 9.17) is 0 Å². The number of benzene rings is 1. The number of hydrogen-bond acceptors (Lipinski definition) is 5. The lowest BCUT2D eigenvalue weighted by Gasteiger charge is -2.27. The van der Waals surface area contributed by atoms with Crippen molar-refractivity contribution in [3.8, 4) is 0 Å². The van der Waals surface area contributed by atoms with Gasteiger partial charge in [0, 0.05) is 43.2 Å². The van der Waals surface area contributed by atoms with Crippen LogP contribution in [0.1, 0.15) is 18.9 Å². The Morgan fingerprint density at radius 2 is 2.20 bits per heavy atom. The number of nitro groups is 1. The summed E-state index contributed by atoms with van der Waals surface area (Å²) in [6.45, 7) is 2.88. The van der Waals surface area contributed by atoms with Crippen molar-refractivity contribution < 1.29 is 4.92 Å². The van der Waals surface area contributed by atoms with Crippen molar-refractivity contribution >= 4 is 23.1 Å². The summed E-state index contributed by atoms with van der Waals surface area (Å²) in [5.41, 5.74) is 2.05. The van der Waals surface area contributed by atoms with Crippen LogP contribution in [0.4, 0.5) is 11.4 Å². The van der Waals surface area contributed by atoms with Gasteiger partial charge in [0.05, 0.1) is 4.92 Å². The maximum atomic E-state index is 10.9. The number of nitrogens with one attached hydrogen (secondary N) is 1. The second-order valence-corrected chi connectivity index (χ2v) is 5.69. The highest BCUT2D eigenvalue weighted by Gasteiger charge is 2.16. The molecule has 0 spiro atoms. The van der Waals surface area contributed by atoms with Crippen LogP contribution < -0.4 is 5.32 Å². The highest BCUT2D eigenvalue weighted by molar-refractivity contribution is 7.98. The molecule has 6 heteroatoms. The molecule has 0 aliphatic heterocycles. The van der Waals surface area contributed by atoms with E-state index in [9.17, 15) is 10.1 Å². The van der Waals surface area contributed by atoms with Crippen molar-refractivity contribution in [2.75, 3.05) is 31.4 Å². The fourth-order valence-electron chi connectivity index (χ4n) is 2.22. The second-order valence-electron chi connectivity index (χ2n) is 4.78. The van der Waals surface area contributed by atoms with E-state index in [0.29, 0.717) is 12.6 Å². The summed E-state index contributed by atoms with van der Waals surface area (Å²) in [5, 5.41) is 14.0. The molecular weight excluding hydrogens is 274 g/mol. The van der Waals surface area contributed by atoms with E-state index in [1.54, 1.807) is 12.1 Å². The van der Waals surface area contributed by atoms with Gasteiger partial charge in [-0.2, -0.15) is 11.8 Å². The first-order chi connectivity index (χ1) is 9.53. The molecule has 0 bridgehead atoms. The zero-order chi connectivity index (χ0) is 15.1. The molecule has 1 N–H and O–H groups in total. The van der Waals surface area contributed by atoms with E-state index in [0.717, 1.165) is 23.4 Å². The number of rotatable bonds is 8. The van der Waals surface area contributed by atoms with E-state index < -0.39 is 0 Å². The molecule has 112 valence electrons. The van der Waals surface area contributed by atoms with Gasteiger partial charge in [-0.1, -0.05) is 6.92 Å². The molecule has 0 aliphatic rings. The van der Waals surface area contributed by atoms with Crippen LogP contribution in [-0.2, 0) is 6.54 Å². The van der Waals surface area contributed by atoms with Crippen LogP contribution >= 0.6 is 11.8 Å². The van der Waals surface area contributed by atoms with Crippen LogP contribution in [0.25, 0.3) is 0 Å². The smallest absolute Gasteiger partial charge is 0.269 e. The maximum absolute atomic E-state index is 10.9. The van der Waals surface area contributed by atoms with E-state index in [2.05, 4.69) is 30.4 Å². The zero-order valence-corrected chi connectivity index (χ0v) is 13.4. The molecule has 0 fully saturated rings. The molecule has 1 unspecified atom stereocenters. The van der Waals surface area contributed by atoms with E-state index >= 15 is 0 Å². The molecule has 0 saturated carbocycles. The van der Waals surface area contributed by atoms with Gasteiger partial charge in [0.25, 0.3) is 5.69 Å². The van der Waals surface area contributed by atoms with Crippen LogP contribution in [0.5, 0.6) is 0 Å². The minimum Gasteiger partial charge on any atom is -0.388 e. The van der Waals surface area contributed by atoms with Crippen molar-refractivity contribution in [2.24, 2.45) is 0 Å². The summed E-state index contributed by atoms with van der Waals surface area (Å²) in [6, 6.07) is 5.45. The molecule has 0 aromatic heterocycles. The third-order valence-corrected chi connectivity index (χ3v) is 4.16. The Balaban J connectivity index is 2.93. The topological polar surface area (TPSA) is 58.4 Å². The molecule has 1 aromatic rings. The molecule has 0 radical (unpaired) electrons. The van der Waals surface area contributed by atoms with Gasteiger partial charge in [-0.25, -0.2) is 0 Å². The normalized spacial score (nSPS) is 12.4. The third-order valence-electron chi connectivity index (χ3n) is 3.44. The summed E-state index contributed by atoms with van der Waals surface area (Å²) in [4.78, 5) is 12.8. The predicted octanol–water partition coefficient (Wildman–Crippen LogP) is 3.21. The Morgan fingerprint density at radius 3 is 2.70 bits per heavy atom. The summed E-state index contributed by atoms with van der Waals surface area (Å²) in [7, 11) is 3.91. The quantitative estimate of drug-likeness (QED) is 0.590. The third kappa shape index (κ3) is 4.38. The van der Waals surface area contributed by atoms with Gasteiger partial charge < -0.3 is 5.32 Å². The highest BCUT2D eigenvalue weighted by Crippen LogP contribution is 2.24. The van der Waals surface area contributed by atoms with Crippen molar-refractivity contribution in [1.82, 2.24) is 4.90 Å². The van der Waals surface area contributed by atoms with E-state index in [1.807, 2.05) is 18.8 Å². The van der Waals surface area contributed by atoms with Crippen LogP contribution in [-0.4, -0.2) is 42.0 Å². The molecule has 1 aromatic carbocycles. The van der Waals surface area contributed by atoms with Crippen molar-refractivity contribution in [3.05, 3.63) is 33.9 Å². The first kappa shape index (κ1) is 16.8. The number of anilines is 1. The molecule has 0 heterocycles. The zero-order valence-electron chi connectivity index (χ0n) is 12.5. The summed E-state index contributed by atoms with van der Waals surface area (Å²) in [6.07, 6.45) is 3.17. The molecular formula is C14H23N3O2S. The average Bonchev–Trinajstić information content (AvgIpc) is 2.44. The first-order valence-corrected chi connectivity index (χ1v) is 8.07. The van der Waals surface area contributed by atoms with Gasteiger partial charge in [-0.15, -0.1) is 0 Å². The number of thioether (sulfide) groups is 1. The maximum Gasteiger partial charge on any atom is 0.269 e. The second kappa shape index (κ2) is 8.11.